The molecule has 0 aliphatic carbocycles. The van der Waals surface area contributed by atoms with Crippen molar-refractivity contribution in [2.24, 2.45) is 0 Å². The molecular formula is C46H28O2. The SMILES string of the molecule is c1ccc(-c2cccc(-c3c4ccccc4c(-c4oc5cc6oc7ccccc7c6cc5c4-c4ccccc4)c4ccccc34)c2)cc1. The molecule has 0 radical (unpaired) electrons. The quantitative estimate of drug-likeness (QED) is 0.185. The van der Waals surface area contributed by atoms with Crippen LogP contribution in [0.5, 0.6) is 0 Å². The van der Waals surface area contributed by atoms with Crippen LogP contribution in [0.1, 0.15) is 0 Å². The Hall–Kier alpha value is -6.38. The molecule has 2 aromatic heterocycles. The van der Waals surface area contributed by atoms with Gasteiger partial charge < -0.3 is 8.83 Å². The van der Waals surface area contributed by atoms with Gasteiger partial charge in [-0.15, -0.1) is 0 Å². The van der Waals surface area contributed by atoms with Crippen molar-refractivity contribution < 1.29 is 8.83 Å². The second kappa shape index (κ2) is 10.6. The van der Waals surface area contributed by atoms with Gasteiger partial charge in [0.05, 0.1) is 0 Å². The monoisotopic (exact) mass is 612 g/mol. The van der Waals surface area contributed by atoms with E-state index < -0.39 is 0 Å². The fourth-order valence-electron chi connectivity index (χ4n) is 7.55. The highest BCUT2D eigenvalue weighted by molar-refractivity contribution is 6.24. The van der Waals surface area contributed by atoms with Crippen LogP contribution in [0.25, 0.3) is 99.2 Å². The lowest BCUT2D eigenvalue weighted by molar-refractivity contribution is 0.630. The molecule has 10 aromatic rings. The maximum absolute atomic E-state index is 7.02. The Balaban J connectivity index is 1.31. The predicted octanol–water partition coefficient (Wildman–Crippen LogP) is 13.3. The van der Waals surface area contributed by atoms with Crippen molar-refractivity contribution in [1.29, 1.82) is 0 Å². The molecule has 8 aromatic carbocycles. The van der Waals surface area contributed by atoms with Crippen LogP contribution in [-0.2, 0) is 0 Å². The molecule has 0 aliphatic heterocycles. The van der Waals surface area contributed by atoms with Crippen LogP contribution in [0.15, 0.2) is 179 Å². The molecule has 0 amide bonds. The lowest BCUT2D eigenvalue weighted by Gasteiger charge is -2.18. The molecule has 0 atom stereocenters. The Morgan fingerprint density at radius 2 is 0.771 bits per heavy atom. The average molecular weight is 613 g/mol. The minimum Gasteiger partial charge on any atom is -0.456 e. The zero-order valence-corrected chi connectivity index (χ0v) is 26.0. The highest BCUT2D eigenvalue weighted by atomic mass is 16.3. The van der Waals surface area contributed by atoms with Crippen LogP contribution >= 0.6 is 0 Å². The Morgan fingerprint density at radius 3 is 1.46 bits per heavy atom. The first-order valence-electron chi connectivity index (χ1n) is 16.3. The maximum atomic E-state index is 7.02. The molecule has 0 aliphatic rings. The third-order valence-electron chi connectivity index (χ3n) is 9.67. The Kier molecular flexibility index (Phi) is 5.91. The van der Waals surface area contributed by atoms with Gasteiger partial charge in [0, 0.05) is 33.4 Å². The lowest BCUT2D eigenvalue weighted by Crippen LogP contribution is -1.91. The molecule has 2 heterocycles. The zero-order valence-electron chi connectivity index (χ0n) is 26.0. The van der Waals surface area contributed by atoms with Crippen molar-refractivity contribution in [1.82, 2.24) is 0 Å². The van der Waals surface area contributed by atoms with Gasteiger partial charge in [-0.2, -0.15) is 0 Å². The van der Waals surface area contributed by atoms with Gasteiger partial charge in [0.15, 0.2) is 0 Å². The first kappa shape index (κ1) is 26.8. The van der Waals surface area contributed by atoms with E-state index in [0.29, 0.717) is 0 Å². The molecule has 224 valence electrons. The molecule has 0 saturated carbocycles. The molecule has 48 heavy (non-hydrogen) atoms. The third kappa shape index (κ3) is 4.06. The van der Waals surface area contributed by atoms with Gasteiger partial charge in [-0.1, -0.05) is 146 Å². The highest BCUT2D eigenvalue weighted by Crippen LogP contribution is 2.50. The van der Waals surface area contributed by atoms with Crippen LogP contribution in [0, 0.1) is 0 Å². The van der Waals surface area contributed by atoms with Crippen molar-refractivity contribution in [3.63, 3.8) is 0 Å². The summed E-state index contributed by atoms with van der Waals surface area (Å²) >= 11 is 0. The van der Waals surface area contributed by atoms with Crippen LogP contribution in [0.2, 0.25) is 0 Å². The number of hydrogen-bond acceptors (Lipinski definition) is 2. The number of fused-ring (bicyclic) bond motifs is 6. The summed E-state index contributed by atoms with van der Waals surface area (Å²) in [5.41, 5.74) is 10.6. The van der Waals surface area contributed by atoms with Gasteiger partial charge >= 0.3 is 0 Å². The van der Waals surface area contributed by atoms with E-state index in [4.69, 9.17) is 8.83 Å². The van der Waals surface area contributed by atoms with Gasteiger partial charge in [0.25, 0.3) is 0 Å². The molecule has 0 N–H and O–H groups in total. The second-order valence-corrected chi connectivity index (χ2v) is 12.4. The molecular weight excluding hydrogens is 585 g/mol. The average Bonchev–Trinajstić information content (AvgIpc) is 3.70. The number of hydrogen-bond donors (Lipinski definition) is 0. The van der Waals surface area contributed by atoms with Gasteiger partial charge in [0.2, 0.25) is 0 Å². The minimum atomic E-state index is 0.809. The number of para-hydroxylation sites is 1. The first-order chi connectivity index (χ1) is 23.8. The summed E-state index contributed by atoms with van der Waals surface area (Å²) < 4.78 is 13.3. The van der Waals surface area contributed by atoms with Crippen LogP contribution in [0.3, 0.4) is 0 Å². The summed E-state index contributed by atoms with van der Waals surface area (Å²) in [6.45, 7) is 0. The van der Waals surface area contributed by atoms with Gasteiger partial charge in [0.1, 0.15) is 22.5 Å². The van der Waals surface area contributed by atoms with E-state index in [1.54, 1.807) is 0 Å². The third-order valence-corrected chi connectivity index (χ3v) is 9.67. The Morgan fingerprint density at radius 1 is 0.250 bits per heavy atom. The summed E-state index contributed by atoms with van der Waals surface area (Å²) in [6, 6.07) is 60.2. The summed E-state index contributed by atoms with van der Waals surface area (Å²) in [7, 11) is 0. The second-order valence-electron chi connectivity index (χ2n) is 12.4. The normalized spacial score (nSPS) is 11.8. The van der Waals surface area contributed by atoms with E-state index in [1.165, 1.54) is 33.0 Å². The van der Waals surface area contributed by atoms with Gasteiger partial charge in [-0.05, 0) is 67.6 Å². The Labute approximate surface area is 277 Å². The number of benzene rings is 8. The predicted molar refractivity (Wildman–Crippen MR) is 200 cm³/mol. The van der Waals surface area contributed by atoms with Crippen molar-refractivity contribution in [2.45, 2.75) is 0 Å². The number of furan rings is 2. The maximum Gasteiger partial charge on any atom is 0.144 e. The van der Waals surface area contributed by atoms with Crippen LogP contribution in [0.4, 0.5) is 0 Å². The fraction of sp³-hybridized carbons (Fsp3) is 0. The van der Waals surface area contributed by atoms with E-state index in [1.807, 2.05) is 12.1 Å². The molecule has 0 saturated heterocycles. The van der Waals surface area contributed by atoms with Crippen molar-refractivity contribution >= 4 is 54.5 Å². The van der Waals surface area contributed by atoms with Crippen molar-refractivity contribution in [2.75, 3.05) is 0 Å². The summed E-state index contributed by atoms with van der Waals surface area (Å²) in [4.78, 5) is 0. The Bertz CT molecular complexity index is 2760. The standard InChI is InChI=1S/C46H28O2/c1-3-14-29(15-4-1)31-18-13-19-32(26-31)43-34-21-7-9-23-36(34)45(37-24-10-8-22-35(37)43)46-44(30-16-5-2-6-17-30)39-27-38-33-20-11-12-25-40(33)47-41(38)28-42(39)48-46/h1-28H. The van der Waals surface area contributed by atoms with Crippen molar-refractivity contribution in [3.8, 4) is 44.7 Å². The molecule has 2 heteroatoms. The smallest absolute Gasteiger partial charge is 0.144 e. The number of rotatable bonds is 4. The lowest BCUT2D eigenvalue weighted by atomic mass is 9.85. The minimum absolute atomic E-state index is 0.809. The molecule has 2 nitrogen and oxygen atoms in total. The highest BCUT2D eigenvalue weighted by Gasteiger charge is 2.25. The zero-order chi connectivity index (χ0) is 31.6. The van der Waals surface area contributed by atoms with Crippen LogP contribution in [-0.4, -0.2) is 0 Å². The molecule has 0 fully saturated rings. The summed E-state index contributed by atoms with van der Waals surface area (Å²) in [6.07, 6.45) is 0. The molecule has 10 rings (SSSR count). The summed E-state index contributed by atoms with van der Waals surface area (Å²) in [5, 5.41) is 7.96. The van der Waals surface area contributed by atoms with E-state index in [0.717, 1.165) is 66.1 Å². The summed E-state index contributed by atoms with van der Waals surface area (Å²) in [5.74, 6) is 0.866. The molecule has 0 spiro atoms. The van der Waals surface area contributed by atoms with E-state index >= 15 is 0 Å². The van der Waals surface area contributed by atoms with Gasteiger partial charge in [-0.25, -0.2) is 0 Å². The topological polar surface area (TPSA) is 26.3 Å². The van der Waals surface area contributed by atoms with E-state index in [9.17, 15) is 0 Å². The largest absolute Gasteiger partial charge is 0.456 e. The molecule has 0 unspecified atom stereocenters. The first-order valence-corrected chi connectivity index (χ1v) is 16.3. The van der Waals surface area contributed by atoms with Gasteiger partial charge in [-0.3, -0.25) is 0 Å². The fourth-order valence-corrected chi connectivity index (χ4v) is 7.55. The van der Waals surface area contributed by atoms with Crippen molar-refractivity contribution in [3.05, 3.63) is 170 Å². The van der Waals surface area contributed by atoms with E-state index in [2.05, 4.69) is 158 Å². The van der Waals surface area contributed by atoms with Crippen LogP contribution < -0.4 is 0 Å². The molecule has 0 bridgehead atoms. The van der Waals surface area contributed by atoms with E-state index in [-0.39, 0.29) is 0 Å².